The lowest BCUT2D eigenvalue weighted by atomic mass is 9.98. The van der Waals surface area contributed by atoms with Gasteiger partial charge in [-0.25, -0.2) is 10.5 Å². The van der Waals surface area contributed by atoms with E-state index in [2.05, 4.69) is 4.98 Å². The summed E-state index contributed by atoms with van der Waals surface area (Å²) in [5.74, 6) is -0.648. The molecule has 0 bridgehead atoms. The molecule has 0 saturated heterocycles. The van der Waals surface area contributed by atoms with E-state index in [1.807, 2.05) is 62.4 Å². The number of hydroxylamine groups is 1. The Morgan fingerprint density at radius 3 is 2.29 bits per heavy atom. The molecule has 5 nitrogen and oxygen atoms in total. The molecule has 1 aromatic carbocycles. The molecule has 142 valence electrons. The first-order chi connectivity index (χ1) is 13.6. The maximum absolute atomic E-state index is 12.3. The van der Waals surface area contributed by atoms with Crippen LogP contribution in [0, 0.1) is 0 Å². The zero-order chi connectivity index (χ0) is 20.1. The van der Waals surface area contributed by atoms with Gasteiger partial charge in [0.2, 0.25) is 0 Å². The minimum absolute atomic E-state index is 0.216. The van der Waals surface area contributed by atoms with E-state index in [0.29, 0.717) is 23.4 Å². The van der Waals surface area contributed by atoms with Crippen LogP contribution in [0.1, 0.15) is 35.5 Å². The summed E-state index contributed by atoms with van der Waals surface area (Å²) in [6.45, 7) is 3.79. The Bertz CT molecular complexity index is 1020. The van der Waals surface area contributed by atoms with Gasteiger partial charge in [0.1, 0.15) is 0 Å². The maximum Gasteiger partial charge on any atom is 0.276 e. The third-order valence-corrected chi connectivity index (χ3v) is 4.82. The zero-order valence-electron chi connectivity index (χ0n) is 15.6. The van der Waals surface area contributed by atoms with Crippen LogP contribution >= 0.6 is 11.6 Å². The molecule has 0 radical (unpaired) electrons. The molecule has 0 aliphatic rings. The van der Waals surface area contributed by atoms with Gasteiger partial charge in [-0.2, -0.15) is 0 Å². The van der Waals surface area contributed by atoms with Crippen LogP contribution in [0.4, 0.5) is 0 Å². The van der Waals surface area contributed by atoms with E-state index < -0.39 is 5.91 Å². The first kappa shape index (κ1) is 19.7. The first-order valence-corrected chi connectivity index (χ1v) is 9.28. The summed E-state index contributed by atoms with van der Waals surface area (Å²) in [6.07, 6.45) is 7.73. The molecule has 28 heavy (non-hydrogen) atoms. The lowest BCUT2D eigenvalue weighted by Gasteiger charge is -2.15. The second-order valence-electron chi connectivity index (χ2n) is 6.12. The van der Waals surface area contributed by atoms with Gasteiger partial charge in [0, 0.05) is 18.0 Å². The Morgan fingerprint density at radius 2 is 1.71 bits per heavy atom. The van der Waals surface area contributed by atoms with Crippen molar-refractivity contribution in [1.82, 2.24) is 15.4 Å². The number of carbonyl (C=O) groups is 1. The molecule has 2 heterocycles. The molecule has 2 N–H and O–H groups in total. The van der Waals surface area contributed by atoms with Crippen molar-refractivity contribution in [2.24, 2.45) is 0 Å². The number of rotatable bonds is 5. The highest BCUT2D eigenvalue weighted by atomic mass is 35.5. The van der Waals surface area contributed by atoms with Crippen molar-refractivity contribution >= 4 is 23.6 Å². The Hall–Kier alpha value is -3.02. The quantitative estimate of drug-likeness (QED) is 0.462. The third-order valence-electron chi connectivity index (χ3n) is 4.45. The minimum Gasteiger partial charge on any atom is -0.288 e. The Kier molecular flexibility index (Phi) is 6.19. The molecular formula is C22H20ClN3O2. The van der Waals surface area contributed by atoms with Crippen LogP contribution < -0.4 is 5.48 Å². The van der Waals surface area contributed by atoms with Gasteiger partial charge in [-0.1, -0.05) is 48.9 Å². The summed E-state index contributed by atoms with van der Waals surface area (Å²) in [6, 6.07) is 11.6. The SMILES string of the molecule is C/C=C\c1nc(-c2ccc(-c3ccncc3)cc2)c(Cl)c(C(=O)NO)c1CC. The lowest BCUT2D eigenvalue weighted by Crippen LogP contribution is -2.22. The molecule has 0 aliphatic heterocycles. The largest absolute Gasteiger partial charge is 0.288 e. The van der Waals surface area contributed by atoms with Crippen LogP contribution in [-0.4, -0.2) is 21.1 Å². The molecule has 3 aromatic rings. The number of nitrogens with one attached hydrogen (secondary N) is 1. The molecule has 0 unspecified atom stereocenters. The number of halogens is 1. The lowest BCUT2D eigenvalue weighted by molar-refractivity contribution is 0.0705. The van der Waals surface area contributed by atoms with Crippen LogP contribution in [-0.2, 0) is 6.42 Å². The van der Waals surface area contributed by atoms with E-state index in [1.54, 1.807) is 17.9 Å². The van der Waals surface area contributed by atoms with Gasteiger partial charge in [-0.15, -0.1) is 0 Å². The summed E-state index contributed by atoms with van der Waals surface area (Å²) >= 11 is 6.56. The van der Waals surface area contributed by atoms with Gasteiger partial charge < -0.3 is 0 Å². The average Bonchev–Trinajstić information content (AvgIpc) is 2.75. The normalized spacial score (nSPS) is 11.0. The number of pyridine rings is 2. The van der Waals surface area contributed by atoms with Gasteiger partial charge >= 0.3 is 0 Å². The monoisotopic (exact) mass is 393 g/mol. The molecule has 6 heteroatoms. The summed E-state index contributed by atoms with van der Waals surface area (Å²) in [5, 5.41) is 9.39. The van der Waals surface area contributed by atoms with Gasteiger partial charge in [-0.3, -0.25) is 15.0 Å². The zero-order valence-corrected chi connectivity index (χ0v) is 16.4. The highest BCUT2D eigenvalue weighted by molar-refractivity contribution is 6.36. The van der Waals surface area contributed by atoms with Crippen LogP contribution in [0.15, 0.2) is 54.9 Å². The van der Waals surface area contributed by atoms with Gasteiger partial charge in [0.25, 0.3) is 5.91 Å². The van der Waals surface area contributed by atoms with Crippen LogP contribution in [0.3, 0.4) is 0 Å². The van der Waals surface area contributed by atoms with Gasteiger partial charge in [0.05, 0.1) is 22.0 Å². The maximum atomic E-state index is 12.3. The number of amides is 1. The molecule has 1 amide bonds. The number of aromatic nitrogens is 2. The van der Waals surface area contributed by atoms with E-state index in [-0.39, 0.29) is 10.6 Å². The Labute approximate surface area is 168 Å². The summed E-state index contributed by atoms with van der Waals surface area (Å²) in [7, 11) is 0. The predicted octanol–water partition coefficient (Wildman–Crippen LogP) is 5.18. The van der Waals surface area contributed by atoms with Crippen LogP contribution in [0.5, 0.6) is 0 Å². The van der Waals surface area contributed by atoms with Crippen LogP contribution in [0.2, 0.25) is 5.02 Å². The smallest absolute Gasteiger partial charge is 0.276 e. The number of allylic oxidation sites excluding steroid dienone is 1. The molecule has 0 fully saturated rings. The molecule has 3 rings (SSSR count). The van der Waals surface area contributed by atoms with E-state index in [1.165, 1.54) is 0 Å². The number of carbonyl (C=O) groups excluding carboxylic acids is 1. The van der Waals surface area contributed by atoms with Crippen molar-refractivity contribution in [3.8, 4) is 22.4 Å². The van der Waals surface area contributed by atoms with E-state index in [0.717, 1.165) is 16.7 Å². The highest BCUT2D eigenvalue weighted by Crippen LogP contribution is 2.34. The fourth-order valence-electron chi connectivity index (χ4n) is 3.12. The summed E-state index contributed by atoms with van der Waals surface area (Å²) in [4.78, 5) is 21.0. The number of hydrogen-bond donors (Lipinski definition) is 2. The Morgan fingerprint density at radius 1 is 1.11 bits per heavy atom. The summed E-state index contributed by atoms with van der Waals surface area (Å²) < 4.78 is 0. The molecule has 0 aliphatic carbocycles. The fraction of sp³-hybridized carbons (Fsp3) is 0.136. The molecule has 2 aromatic heterocycles. The second-order valence-corrected chi connectivity index (χ2v) is 6.50. The van der Waals surface area contributed by atoms with Crippen molar-refractivity contribution in [1.29, 1.82) is 0 Å². The van der Waals surface area contributed by atoms with E-state index in [4.69, 9.17) is 16.6 Å². The number of hydrogen-bond acceptors (Lipinski definition) is 4. The van der Waals surface area contributed by atoms with Crippen molar-refractivity contribution < 1.29 is 10.0 Å². The standard InChI is InChI=1S/C22H20ClN3O2/c1-3-5-18-17(4-2)19(22(27)26-28)20(23)21(25-18)16-8-6-14(7-9-16)15-10-12-24-13-11-15/h3,5-13,28H,4H2,1-2H3,(H,26,27)/b5-3-. The highest BCUT2D eigenvalue weighted by Gasteiger charge is 2.22. The number of nitrogens with zero attached hydrogens (tertiary/aromatic N) is 2. The second kappa shape index (κ2) is 8.78. The predicted molar refractivity (Wildman–Crippen MR) is 111 cm³/mol. The summed E-state index contributed by atoms with van der Waals surface area (Å²) in [5.41, 5.74) is 6.64. The third kappa shape index (κ3) is 3.81. The molecule has 0 saturated carbocycles. The van der Waals surface area contributed by atoms with Gasteiger partial charge in [0.15, 0.2) is 0 Å². The minimum atomic E-state index is -0.648. The van der Waals surface area contributed by atoms with Crippen molar-refractivity contribution in [3.05, 3.63) is 76.7 Å². The van der Waals surface area contributed by atoms with Crippen molar-refractivity contribution in [2.45, 2.75) is 20.3 Å². The average molecular weight is 394 g/mol. The van der Waals surface area contributed by atoms with Gasteiger partial charge in [-0.05, 0) is 48.2 Å². The van der Waals surface area contributed by atoms with E-state index >= 15 is 0 Å². The Balaban J connectivity index is 2.16. The first-order valence-electron chi connectivity index (χ1n) is 8.91. The topological polar surface area (TPSA) is 75.1 Å². The molecule has 0 spiro atoms. The van der Waals surface area contributed by atoms with Crippen molar-refractivity contribution in [2.75, 3.05) is 0 Å². The number of benzene rings is 1. The van der Waals surface area contributed by atoms with Crippen molar-refractivity contribution in [3.63, 3.8) is 0 Å². The molecule has 0 atom stereocenters. The van der Waals surface area contributed by atoms with E-state index in [9.17, 15) is 10.0 Å². The fourth-order valence-corrected chi connectivity index (χ4v) is 3.47. The van der Waals surface area contributed by atoms with Crippen LogP contribution in [0.25, 0.3) is 28.5 Å². The molecular weight excluding hydrogens is 374 g/mol.